The zero-order chi connectivity index (χ0) is 21.4. The van der Waals surface area contributed by atoms with Crippen LogP contribution in [0.4, 0.5) is 9.18 Å². The van der Waals surface area contributed by atoms with Gasteiger partial charge in [0.25, 0.3) is 0 Å². The van der Waals surface area contributed by atoms with Gasteiger partial charge in [0.15, 0.2) is 0 Å². The minimum atomic E-state index is -0.624. The fourth-order valence-electron chi connectivity index (χ4n) is 3.14. The van der Waals surface area contributed by atoms with Gasteiger partial charge in [-0.1, -0.05) is 12.1 Å². The van der Waals surface area contributed by atoms with Crippen LogP contribution in [0.3, 0.4) is 0 Å². The molecule has 29 heavy (non-hydrogen) atoms. The summed E-state index contributed by atoms with van der Waals surface area (Å²) < 4.78 is 18.6. The molecule has 2 N–H and O–H groups in total. The Morgan fingerprint density at radius 3 is 2.59 bits per heavy atom. The SMILES string of the molecule is CC(C)(C)OC(=O)N1CCCCC1C(=O)NCCNC(=O)Cc1cccc(F)c1. The maximum Gasteiger partial charge on any atom is 0.410 e. The van der Waals surface area contributed by atoms with Gasteiger partial charge < -0.3 is 15.4 Å². The molecule has 1 aromatic rings. The molecule has 7 nitrogen and oxygen atoms in total. The van der Waals surface area contributed by atoms with Gasteiger partial charge in [-0.3, -0.25) is 14.5 Å². The third kappa shape index (κ3) is 7.71. The quantitative estimate of drug-likeness (QED) is 0.709. The zero-order valence-corrected chi connectivity index (χ0v) is 17.3. The Bertz CT molecular complexity index is 733. The summed E-state index contributed by atoms with van der Waals surface area (Å²) in [7, 11) is 0. The molecule has 0 radical (unpaired) electrons. The van der Waals surface area contributed by atoms with E-state index in [1.807, 2.05) is 0 Å². The van der Waals surface area contributed by atoms with E-state index in [9.17, 15) is 18.8 Å². The highest BCUT2D eigenvalue weighted by Gasteiger charge is 2.34. The first kappa shape index (κ1) is 22.6. The van der Waals surface area contributed by atoms with Crippen molar-refractivity contribution in [1.29, 1.82) is 0 Å². The summed E-state index contributed by atoms with van der Waals surface area (Å²) in [5.41, 5.74) is -0.0386. The van der Waals surface area contributed by atoms with Crippen molar-refractivity contribution < 1.29 is 23.5 Å². The molecule has 160 valence electrons. The molecule has 1 heterocycles. The molecule has 0 bridgehead atoms. The van der Waals surface area contributed by atoms with E-state index in [1.54, 1.807) is 32.9 Å². The van der Waals surface area contributed by atoms with Crippen LogP contribution in [0.2, 0.25) is 0 Å². The Morgan fingerprint density at radius 2 is 1.90 bits per heavy atom. The first-order valence-electron chi connectivity index (χ1n) is 9.94. The lowest BCUT2D eigenvalue weighted by Gasteiger charge is -2.35. The lowest BCUT2D eigenvalue weighted by molar-refractivity contribution is -0.127. The lowest BCUT2D eigenvalue weighted by Crippen LogP contribution is -2.53. The molecule has 3 amide bonds. The van der Waals surface area contributed by atoms with Crippen molar-refractivity contribution >= 4 is 17.9 Å². The van der Waals surface area contributed by atoms with Crippen LogP contribution in [0.1, 0.15) is 45.6 Å². The van der Waals surface area contributed by atoms with Crippen LogP contribution in [0.25, 0.3) is 0 Å². The Kier molecular flexibility index (Phi) is 7.99. The number of ether oxygens (including phenoxy) is 1. The monoisotopic (exact) mass is 407 g/mol. The largest absolute Gasteiger partial charge is 0.444 e. The predicted molar refractivity (Wildman–Crippen MR) is 107 cm³/mol. The van der Waals surface area contributed by atoms with E-state index in [0.717, 1.165) is 12.8 Å². The van der Waals surface area contributed by atoms with Gasteiger partial charge in [-0.05, 0) is 57.7 Å². The Labute approximate surface area is 171 Å². The molecular weight excluding hydrogens is 377 g/mol. The lowest BCUT2D eigenvalue weighted by atomic mass is 10.0. The molecule has 1 fully saturated rings. The third-order valence-electron chi connectivity index (χ3n) is 4.43. The minimum absolute atomic E-state index is 0.0702. The number of nitrogens with zero attached hydrogens (tertiary/aromatic N) is 1. The molecular formula is C21H30FN3O4. The van der Waals surface area contributed by atoms with E-state index in [1.165, 1.54) is 17.0 Å². The number of hydrogen-bond donors (Lipinski definition) is 2. The highest BCUT2D eigenvalue weighted by atomic mass is 19.1. The molecule has 1 atom stereocenters. The van der Waals surface area contributed by atoms with Gasteiger partial charge in [-0.15, -0.1) is 0 Å². The second-order valence-corrected chi connectivity index (χ2v) is 8.13. The van der Waals surface area contributed by atoms with Crippen molar-refractivity contribution in [1.82, 2.24) is 15.5 Å². The summed E-state index contributed by atoms with van der Waals surface area (Å²) in [4.78, 5) is 38.3. The van der Waals surface area contributed by atoms with Crippen LogP contribution < -0.4 is 10.6 Å². The van der Waals surface area contributed by atoms with E-state index >= 15 is 0 Å². The van der Waals surface area contributed by atoms with E-state index in [2.05, 4.69) is 10.6 Å². The predicted octanol–water partition coefficient (Wildman–Crippen LogP) is 2.39. The van der Waals surface area contributed by atoms with Gasteiger partial charge in [-0.25, -0.2) is 9.18 Å². The van der Waals surface area contributed by atoms with Crippen molar-refractivity contribution in [3.63, 3.8) is 0 Å². The number of halogens is 1. The second kappa shape index (κ2) is 10.2. The number of likely N-dealkylation sites (tertiary alicyclic amines) is 1. The summed E-state index contributed by atoms with van der Waals surface area (Å²) in [6, 6.07) is 5.30. The molecule has 0 saturated carbocycles. The number of carbonyl (C=O) groups is 3. The molecule has 1 saturated heterocycles. The molecule has 0 spiro atoms. The number of hydrogen-bond acceptors (Lipinski definition) is 4. The number of rotatable bonds is 6. The van der Waals surface area contributed by atoms with Crippen molar-refractivity contribution in [2.75, 3.05) is 19.6 Å². The molecule has 8 heteroatoms. The first-order valence-corrected chi connectivity index (χ1v) is 9.94. The standard InChI is InChI=1S/C21H30FN3O4/c1-21(2,3)29-20(28)25-12-5-4-9-17(25)19(27)24-11-10-23-18(26)14-15-7-6-8-16(22)13-15/h6-8,13,17H,4-5,9-12,14H2,1-3H3,(H,23,26)(H,24,27). The Morgan fingerprint density at radius 1 is 1.17 bits per heavy atom. The van der Waals surface area contributed by atoms with Crippen LogP contribution in [-0.4, -0.2) is 54.1 Å². The summed E-state index contributed by atoms with van der Waals surface area (Å²) in [5, 5.41) is 5.46. The molecule has 1 unspecified atom stereocenters. The maximum atomic E-state index is 13.2. The van der Waals surface area contributed by atoms with Gasteiger partial charge in [0.1, 0.15) is 17.5 Å². The smallest absolute Gasteiger partial charge is 0.410 e. The van der Waals surface area contributed by atoms with Crippen molar-refractivity contribution in [3.05, 3.63) is 35.6 Å². The molecule has 1 aromatic carbocycles. The van der Waals surface area contributed by atoms with E-state index < -0.39 is 17.7 Å². The van der Waals surface area contributed by atoms with Crippen LogP contribution in [0.15, 0.2) is 24.3 Å². The molecule has 1 aliphatic heterocycles. The van der Waals surface area contributed by atoms with Gasteiger partial charge in [-0.2, -0.15) is 0 Å². The van der Waals surface area contributed by atoms with Crippen LogP contribution in [0, 0.1) is 5.82 Å². The topological polar surface area (TPSA) is 87.7 Å². The number of amides is 3. The Hall–Kier alpha value is -2.64. The molecule has 1 aliphatic rings. The summed E-state index contributed by atoms with van der Waals surface area (Å²) in [6.07, 6.45) is 1.86. The molecule has 2 rings (SSSR count). The third-order valence-corrected chi connectivity index (χ3v) is 4.43. The van der Waals surface area contributed by atoms with Crippen LogP contribution in [0.5, 0.6) is 0 Å². The summed E-state index contributed by atoms with van der Waals surface area (Å²) >= 11 is 0. The van der Waals surface area contributed by atoms with Crippen molar-refractivity contribution in [3.8, 4) is 0 Å². The van der Waals surface area contributed by atoms with Gasteiger partial charge in [0, 0.05) is 19.6 Å². The number of carbonyl (C=O) groups excluding carboxylic acids is 3. The molecule has 0 aliphatic carbocycles. The normalized spacial score (nSPS) is 16.8. The van der Waals surface area contributed by atoms with Crippen molar-refractivity contribution in [2.45, 2.75) is 58.1 Å². The van der Waals surface area contributed by atoms with Gasteiger partial charge >= 0.3 is 6.09 Å². The average Bonchev–Trinajstić information content (AvgIpc) is 2.63. The highest BCUT2D eigenvalue weighted by molar-refractivity contribution is 5.86. The van der Waals surface area contributed by atoms with Crippen molar-refractivity contribution in [2.24, 2.45) is 0 Å². The second-order valence-electron chi connectivity index (χ2n) is 8.13. The maximum absolute atomic E-state index is 13.2. The van der Waals surface area contributed by atoms with E-state index in [0.29, 0.717) is 18.5 Å². The van der Waals surface area contributed by atoms with Gasteiger partial charge in [0.05, 0.1) is 6.42 Å². The average molecular weight is 407 g/mol. The first-order chi connectivity index (χ1) is 13.7. The molecule has 0 aromatic heterocycles. The van der Waals surface area contributed by atoms with Crippen LogP contribution in [-0.2, 0) is 20.7 Å². The highest BCUT2D eigenvalue weighted by Crippen LogP contribution is 2.20. The summed E-state index contributed by atoms with van der Waals surface area (Å²) in [6.45, 7) is 6.34. The fourth-order valence-corrected chi connectivity index (χ4v) is 3.14. The minimum Gasteiger partial charge on any atom is -0.444 e. The summed E-state index contributed by atoms with van der Waals surface area (Å²) in [5.74, 6) is -0.891. The zero-order valence-electron chi connectivity index (χ0n) is 17.3. The Balaban J connectivity index is 1.76. The van der Waals surface area contributed by atoms with E-state index in [4.69, 9.17) is 4.74 Å². The number of nitrogens with one attached hydrogen (secondary N) is 2. The number of benzene rings is 1. The number of piperidine rings is 1. The van der Waals surface area contributed by atoms with Gasteiger partial charge in [0.2, 0.25) is 11.8 Å². The van der Waals surface area contributed by atoms with Crippen LogP contribution >= 0.6 is 0 Å². The fraction of sp³-hybridized carbons (Fsp3) is 0.571. The van der Waals surface area contributed by atoms with E-state index in [-0.39, 0.29) is 37.1 Å².